The van der Waals surface area contributed by atoms with Crippen molar-refractivity contribution in [2.75, 3.05) is 13.1 Å². The molecule has 2 aliphatic heterocycles. The first-order valence-corrected chi connectivity index (χ1v) is 5.68. The van der Waals surface area contributed by atoms with Crippen LogP contribution in [0.4, 0.5) is 0 Å². The quantitative estimate of drug-likeness (QED) is 0.417. The molecule has 0 bridgehead atoms. The van der Waals surface area contributed by atoms with Crippen LogP contribution in [0.3, 0.4) is 0 Å². The molecule has 7 heteroatoms. The van der Waals surface area contributed by atoms with Gasteiger partial charge in [0.15, 0.2) is 0 Å². The minimum absolute atomic E-state index is 0.126. The molecule has 5 N–H and O–H groups in total. The number of nitrogens with one attached hydrogen (secondary N) is 1. The number of β-amino-alcohol motifs (C(OH)–C–C–N with tert-alkyl or cyclic N) is 2. The van der Waals surface area contributed by atoms with Crippen LogP contribution in [0.1, 0.15) is 12.8 Å². The van der Waals surface area contributed by atoms with Gasteiger partial charge in [0, 0.05) is 19.5 Å². The van der Waals surface area contributed by atoms with Gasteiger partial charge in [0.2, 0.25) is 11.8 Å². The molecule has 2 aliphatic rings. The lowest BCUT2D eigenvalue weighted by Crippen LogP contribution is -2.50. The van der Waals surface area contributed by atoms with Crippen molar-refractivity contribution in [1.29, 1.82) is 0 Å². The Morgan fingerprint density at radius 2 is 1.94 bits per heavy atom. The van der Waals surface area contributed by atoms with E-state index in [0.717, 1.165) is 0 Å². The standard InChI is InChI=1S/C10H17N3O4/c11-9(16)8-2-6(15)4-13(8)10(17)7-1-5(14)3-12-7/h5-8,12,14-15H,1-4H2,(H2,11,16). The number of carbonyl (C=O) groups excluding carboxylic acids is 2. The lowest BCUT2D eigenvalue weighted by atomic mass is 10.1. The molecular weight excluding hydrogens is 226 g/mol. The summed E-state index contributed by atoms with van der Waals surface area (Å²) in [7, 11) is 0. The van der Waals surface area contributed by atoms with E-state index in [1.54, 1.807) is 0 Å². The molecule has 7 nitrogen and oxygen atoms in total. The summed E-state index contributed by atoms with van der Waals surface area (Å²) >= 11 is 0. The molecule has 0 aromatic rings. The number of nitrogens with zero attached hydrogens (tertiary/aromatic N) is 1. The number of aliphatic hydroxyl groups excluding tert-OH is 2. The van der Waals surface area contributed by atoms with E-state index in [1.165, 1.54) is 4.90 Å². The average molecular weight is 243 g/mol. The third kappa shape index (κ3) is 2.41. The van der Waals surface area contributed by atoms with E-state index in [9.17, 15) is 19.8 Å². The molecule has 2 heterocycles. The van der Waals surface area contributed by atoms with Gasteiger partial charge in [-0.3, -0.25) is 9.59 Å². The first-order valence-electron chi connectivity index (χ1n) is 5.68. The third-order valence-electron chi connectivity index (χ3n) is 3.30. The molecule has 0 saturated carbocycles. The van der Waals surface area contributed by atoms with Crippen LogP contribution in [-0.4, -0.2) is 64.3 Å². The molecule has 0 aromatic carbocycles. The Balaban J connectivity index is 2.05. The fourth-order valence-corrected chi connectivity index (χ4v) is 2.43. The van der Waals surface area contributed by atoms with Crippen LogP contribution in [-0.2, 0) is 9.59 Å². The maximum Gasteiger partial charge on any atom is 0.240 e. The largest absolute Gasteiger partial charge is 0.392 e. The maximum absolute atomic E-state index is 12.1. The van der Waals surface area contributed by atoms with Crippen LogP contribution < -0.4 is 11.1 Å². The van der Waals surface area contributed by atoms with Crippen molar-refractivity contribution < 1.29 is 19.8 Å². The summed E-state index contributed by atoms with van der Waals surface area (Å²) in [5.74, 6) is -0.879. The highest BCUT2D eigenvalue weighted by Gasteiger charge is 2.41. The highest BCUT2D eigenvalue weighted by atomic mass is 16.3. The summed E-state index contributed by atoms with van der Waals surface area (Å²) < 4.78 is 0. The lowest BCUT2D eigenvalue weighted by Gasteiger charge is -2.25. The Hall–Kier alpha value is -1.18. The Morgan fingerprint density at radius 3 is 2.47 bits per heavy atom. The van der Waals surface area contributed by atoms with Gasteiger partial charge in [-0.25, -0.2) is 0 Å². The Labute approximate surface area is 98.6 Å². The van der Waals surface area contributed by atoms with Crippen molar-refractivity contribution in [2.45, 2.75) is 37.1 Å². The van der Waals surface area contributed by atoms with E-state index in [0.29, 0.717) is 13.0 Å². The molecule has 17 heavy (non-hydrogen) atoms. The van der Waals surface area contributed by atoms with Gasteiger partial charge in [-0.15, -0.1) is 0 Å². The zero-order valence-electron chi connectivity index (χ0n) is 9.37. The zero-order valence-corrected chi connectivity index (χ0v) is 9.37. The number of rotatable bonds is 2. The smallest absolute Gasteiger partial charge is 0.240 e. The van der Waals surface area contributed by atoms with Crippen LogP contribution in [0.25, 0.3) is 0 Å². The fraction of sp³-hybridized carbons (Fsp3) is 0.800. The van der Waals surface area contributed by atoms with Crippen LogP contribution in [0.2, 0.25) is 0 Å². The number of likely N-dealkylation sites (tertiary alicyclic amines) is 1. The van der Waals surface area contributed by atoms with Gasteiger partial charge in [0.05, 0.1) is 18.2 Å². The van der Waals surface area contributed by atoms with E-state index < -0.39 is 30.2 Å². The SMILES string of the molecule is NC(=O)C1CC(O)CN1C(=O)C1CC(O)CN1. The number of hydrogen-bond donors (Lipinski definition) is 4. The van der Waals surface area contributed by atoms with E-state index >= 15 is 0 Å². The van der Waals surface area contributed by atoms with Crippen LogP contribution >= 0.6 is 0 Å². The maximum atomic E-state index is 12.1. The second-order valence-electron chi connectivity index (χ2n) is 4.65. The minimum atomic E-state index is -0.739. The van der Waals surface area contributed by atoms with Crippen LogP contribution in [0.15, 0.2) is 0 Å². The van der Waals surface area contributed by atoms with E-state index in [1.807, 2.05) is 0 Å². The lowest BCUT2D eigenvalue weighted by molar-refractivity contribution is -0.138. The Morgan fingerprint density at radius 1 is 1.24 bits per heavy atom. The normalized spacial score (nSPS) is 37.4. The van der Waals surface area contributed by atoms with Crippen molar-refractivity contribution in [3.05, 3.63) is 0 Å². The molecule has 4 unspecified atom stereocenters. The molecular formula is C10H17N3O4. The van der Waals surface area contributed by atoms with Crippen LogP contribution in [0, 0.1) is 0 Å². The van der Waals surface area contributed by atoms with Gasteiger partial charge in [-0.2, -0.15) is 0 Å². The molecule has 0 aliphatic carbocycles. The van der Waals surface area contributed by atoms with Gasteiger partial charge in [0.25, 0.3) is 0 Å². The summed E-state index contributed by atoms with van der Waals surface area (Å²) in [5.41, 5.74) is 5.20. The number of aliphatic hydroxyl groups is 2. The molecule has 2 saturated heterocycles. The summed E-state index contributed by atoms with van der Waals surface area (Å²) in [4.78, 5) is 24.6. The first-order chi connectivity index (χ1) is 7.99. The van der Waals surface area contributed by atoms with Crippen molar-refractivity contribution in [3.8, 4) is 0 Å². The Bertz CT molecular complexity index is 336. The molecule has 0 spiro atoms. The molecule has 2 amide bonds. The summed E-state index contributed by atoms with van der Waals surface area (Å²) in [5, 5.41) is 21.7. The van der Waals surface area contributed by atoms with Crippen molar-refractivity contribution >= 4 is 11.8 Å². The first kappa shape index (κ1) is 12.3. The van der Waals surface area contributed by atoms with Gasteiger partial charge < -0.3 is 26.2 Å². The monoisotopic (exact) mass is 243 g/mol. The molecule has 96 valence electrons. The topological polar surface area (TPSA) is 116 Å². The number of nitrogens with two attached hydrogens (primary N) is 1. The molecule has 0 aromatic heterocycles. The number of carbonyl (C=O) groups is 2. The number of primary amides is 1. The van der Waals surface area contributed by atoms with Gasteiger partial charge in [-0.05, 0) is 6.42 Å². The van der Waals surface area contributed by atoms with E-state index in [4.69, 9.17) is 5.73 Å². The van der Waals surface area contributed by atoms with Crippen molar-refractivity contribution in [2.24, 2.45) is 5.73 Å². The van der Waals surface area contributed by atoms with Crippen LogP contribution in [0.5, 0.6) is 0 Å². The highest BCUT2D eigenvalue weighted by molar-refractivity contribution is 5.90. The Kier molecular flexibility index (Phi) is 3.32. The summed E-state index contributed by atoms with van der Waals surface area (Å²) in [6.07, 6.45) is -0.723. The average Bonchev–Trinajstić information content (AvgIpc) is 2.83. The summed E-state index contributed by atoms with van der Waals surface area (Å²) in [6.45, 7) is 0.495. The number of hydrogen-bond acceptors (Lipinski definition) is 5. The predicted molar refractivity (Wildman–Crippen MR) is 57.7 cm³/mol. The highest BCUT2D eigenvalue weighted by Crippen LogP contribution is 2.20. The number of amides is 2. The fourth-order valence-electron chi connectivity index (χ4n) is 2.43. The second-order valence-corrected chi connectivity index (χ2v) is 4.65. The van der Waals surface area contributed by atoms with Gasteiger partial charge >= 0.3 is 0 Å². The minimum Gasteiger partial charge on any atom is -0.392 e. The summed E-state index contributed by atoms with van der Waals surface area (Å²) in [6, 6.07) is -1.23. The van der Waals surface area contributed by atoms with Crippen molar-refractivity contribution in [3.63, 3.8) is 0 Å². The second kappa shape index (κ2) is 4.59. The molecule has 4 atom stereocenters. The van der Waals surface area contributed by atoms with E-state index in [-0.39, 0.29) is 18.9 Å². The van der Waals surface area contributed by atoms with Gasteiger partial charge in [0.1, 0.15) is 6.04 Å². The van der Waals surface area contributed by atoms with Crippen molar-refractivity contribution in [1.82, 2.24) is 10.2 Å². The predicted octanol–water partition coefficient (Wildman–Crippen LogP) is -2.84. The molecule has 2 fully saturated rings. The molecule has 0 radical (unpaired) electrons. The van der Waals surface area contributed by atoms with Gasteiger partial charge in [-0.1, -0.05) is 0 Å². The zero-order chi connectivity index (χ0) is 12.6. The third-order valence-corrected chi connectivity index (χ3v) is 3.30. The van der Waals surface area contributed by atoms with E-state index in [2.05, 4.69) is 5.32 Å². The molecule has 2 rings (SSSR count).